The molecule has 0 aromatic heterocycles. The number of esters is 1. The number of hydrogen-bond acceptors (Lipinski definition) is 6. The predicted molar refractivity (Wildman–Crippen MR) is 145 cm³/mol. The third-order valence-corrected chi connectivity index (χ3v) is 11.6. The van der Waals surface area contributed by atoms with Gasteiger partial charge in [0, 0.05) is 36.5 Å². The maximum absolute atomic E-state index is 13.5. The van der Waals surface area contributed by atoms with E-state index in [1.807, 2.05) is 20.8 Å². The van der Waals surface area contributed by atoms with Crippen LogP contribution in [-0.2, 0) is 28.7 Å². The van der Waals surface area contributed by atoms with Crippen molar-refractivity contribution in [3.8, 4) is 0 Å². The van der Waals surface area contributed by atoms with Crippen LogP contribution >= 0.6 is 0 Å². The Morgan fingerprint density at radius 1 is 1.08 bits per heavy atom. The van der Waals surface area contributed by atoms with Crippen LogP contribution in [-0.4, -0.2) is 41.1 Å². The molecule has 4 rings (SSSR count). The van der Waals surface area contributed by atoms with Crippen LogP contribution in [0.1, 0.15) is 107 Å². The molecule has 4 aliphatic rings. The monoisotopic (exact) mass is 528 g/mol. The van der Waals surface area contributed by atoms with Gasteiger partial charge in [-0.15, -0.1) is 0 Å². The van der Waals surface area contributed by atoms with Gasteiger partial charge < -0.3 is 9.47 Å². The number of hydrogen-bond donors (Lipinski definition) is 0. The quantitative estimate of drug-likeness (QED) is 0.282. The van der Waals surface area contributed by atoms with Gasteiger partial charge in [0.25, 0.3) is 0 Å². The highest BCUT2D eigenvalue weighted by Gasteiger charge is 2.66. The highest BCUT2D eigenvalue weighted by atomic mass is 16.6. The number of rotatable bonds is 8. The molecule has 3 aliphatic carbocycles. The van der Waals surface area contributed by atoms with Crippen LogP contribution in [0.4, 0.5) is 0 Å². The fraction of sp³-hybridized carbons (Fsp3) is 0.812. The van der Waals surface area contributed by atoms with Crippen LogP contribution in [0, 0.1) is 39.4 Å². The van der Waals surface area contributed by atoms with Crippen molar-refractivity contribution in [3.63, 3.8) is 0 Å². The Kier molecular flexibility index (Phi) is 7.20. The smallest absolute Gasteiger partial charge is 0.302 e. The molecule has 3 fully saturated rings. The van der Waals surface area contributed by atoms with E-state index in [4.69, 9.17) is 9.47 Å². The first-order valence-corrected chi connectivity index (χ1v) is 14.5. The van der Waals surface area contributed by atoms with Crippen molar-refractivity contribution in [2.75, 3.05) is 0 Å². The zero-order valence-corrected chi connectivity index (χ0v) is 24.9. The molecule has 6 nitrogen and oxygen atoms in total. The summed E-state index contributed by atoms with van der Waals surface area (Å²) < 4.78 is 11.2. The molecule has 1 aliphatic heterocycles. The van der Waals surface area contributed by atoms with Gasteiger partial charge >= 0.3 is 5.97 Å². The van der Waals surface area contributed by atoms with Gasteiger partial charge in [0.2, 0.25) is 0 Å². The van der Waals surface area contributed by atoms with E-state index in [0.29, 0.717) is 31.5 Å². The topological polar surface area (TPSA) is 90.0 Å². The summed E-state index contributed by atoms with van der Waals surface area (Å²) in [5.74, 6) is 0.338. The standard InChI is InChI=1S/C32H48O6/c1-19(18-22(37-20(2)33)27-29(5,6)38-27)21(34)12-16-32(9)26(36)11-10-24-30(7)15-14-25(35)28(3,4)23(30)13-17-31(24,32)8/h10-11,19,22-24,27H,12-18H2,1-9H3/t19-,22+,23+,24+,27-,30+,31+,32+/m1/s1. The van der Waals surface area contributed by atoms with E-state index in [-0.39, 0.29) is 63.2 Å². The summed E-state index contributed by atoms with van der Waals surface area (Å²) in [6.07, 6.45) is 7.70. The second kappa shape index (κ2) is 9.38. The molecular weight excluding hydrogens is 480 g/mol. The van der Waals surface area contributed by atoms with Crippen LogP contribution in [0.25, 0.3) is 0 Å². The fourth-order valence-electron chi connectivity index (χ4n) is 8.76. The van der Waals surface area contributed by atoms with E-state index in [1.165, 1.54) is 6.92 Å². The number of epoxide rings is 1. The molecule has 0 amide bonds. The van der Waals surface area contributed by atoms with Gasteiger partial charge in [0.1, 0.15) is 23.8 Å². The molecular formula is C32H48O6. The Morgan fingerprint density at radius 3 is 2.29 bits per heavy atom. The van der Waals surface area contributed by atoms with Crippen LogP contribution in [0.3, 0.4) is 0 Å². The maximum atomic E-state index is 13.5. The highest BCUT2D eigenvalue weighted by molar-refractivity contribution is 5.97. The van der Waals surface area contributed by atoms with E-state index in [9.17, 15) is 19.2 Å². The number of ketones is 3. The molecule has 212 valence electrons. The normalized spacial score (nSPS) is 40.5. The van der Waals surface area contributed by atoms with Crippen LogP contribution in [0.15, 0.2) is 12.2 Å². The molecule has 6 heteroatoms. The summed E-state index contributed by atoms with van der Waals surface area (Å²) >= 11 is 0. The molecule has 8 atom stereocenters. The van der Waals surface area contributed by atoms with E-state index in [0.717, 1.165) is 19.3 Å². The van der Waals surface area contributed by atoms with Gasteiger partial charge in [-0.25, -0.2) is 0 Å². The van der Waals surface area contributed by atoms with Crippen molar-refractivity contribution < 1.29 is 28.7 Å². The Hall–Kier alpha value is -1.82. The average Bonchev–Trinajstić information content (AvgIpc) is 3.45. The zero-order chi connectivity index (χ0) is 28.5. The molecule has 0 radical (unpaired) electrons. The van der Waals surface area contributed by atoms with Crippen molar-refractivity contribution in [2.24, 2.45) is 39.4 Å². The Balaban J connectivity index is 1.50. The maximum Gasteiger partial charge on any atom is 0.302 e. The summed E-state index contributed by atoms with van der Waals surface area (Å²) in [5, 5.41) is 0. The number of fused-ring (bicyclic) bond motifs is 3. The Morgan fingerprint density at radius 2 is 1.71 bits per heavy atom. The first-order chi connectivity index (χ1) is 17.4. The first kappa shape index (κ1) is 29.2. The van der Waals surface area contributed by atoms with Gasteiger partial charge in [-0.3, -0.25) is 19.2 Å². The molecule has 0 spiro atoms. The van der Waals surface area contributed by atoms with E-state index in [2.05, 4.69) is 40.7 Å². The van der Waals surface area contributed by atoms with Gasteiger partial charge in [-0.1, -0.05) is 47.6 Å². The van der Waals surface area contributed by atoms with Crippen molar-refractivity contribution in [1.82, 2.24) is 0 Å². The van der Waals surface area contributed by atoms with E-state index >= 15 is 0 Å². The zero-order valence-electron chi connectivity index (χ0n) is 24.9. The second-order valence-corrected chi connectivity index (χ2v) is 14.6. The van der Waals surface area contributed by atoms with Crippen LogP contribution in [0.5, 0.6) is 0 Å². The first-order valence-electron chi connectivity index (χ1n) is 14.5. The molecule has 0 aromatic rings. The minimum absolute atomic E-state index is 0.0610. The summed E-state index contributed by atoms with van der Waals surface area (Å²) in [6, 6.07) is 0. The lowest BCUT2D eigenvalue weighted by molar-refractivity contribution is -0.175. The largest absolute Gasteiger partial charge is 0.460 e. The van der Waals surface area contributed by atoms with Gasteiger partial charge in [0.05, 0.1) is 5.60 Å². The number of Topliss-reactive ketones (excluding diaryl/α,β-unsaturated/α-hetero) is 2. The lowest BCUT2D eigenvalue weighted by Gasteiger charge is -2.65. The van der Waals surface area contributed by atoms with E-state index in [1.54, 1.807) is 6.08 Å². The van der Waals surface area contributed by atoms with Crippen LogP contribution < -0.4 is 0 Å². The fourth-order valence-corrected chi connectivity index (χ4v) is 8.76. The molecule has 38 heavy (non-hydrogen) atoms. The lowest BCUT2D eigenvalue weighted by atomic mass is 9.37. The minimum Gasteiger partial charge on any atom is -0.460 e. The van der Waals surface area contributed by atoms with Crippen LogP contribution in [0.2, 0.25) is 0 Å². The Bertz CT molecular complexity index is 1050. The second-order valence-electron chi connectivity index (χ2n) is 14.6. The molecule has 2 saturated carbocycles. The molecule has 0 aromatic carbocycles. The molecule has 0 unspecified atom stereocenters. The SMILES string of the molecule is CC(=O)O[C@@H](C[C@@H](C)C(=O)CC[C@@]1(C)C(=O)C=C[C@H]2[C@@]3(C)CCC(=O)C(C)(C)[C@@H]3CC[C@@]21C)[C@H]1OC1(C)C. The molecule has 1 heterocycles. The Labute approximate surface area is 228 Å². The van der Waals surface area contributed by atoms with Gasteiger partial charge in [0.15, 0.2) is 5.78 Å². The number of ether oxygens (including phenoxy) is 2. The highest BCUT2D eigenvalue weighted by Crippen LogP contribution is 2.69. The number of carbonyl (C=O) groups excluding carboxylic acids is 4. The number of carbonyl (C=O) groups is 4. The summed E-state index contributed by atoms with van der Waals surface area (Å²) in [7, 11) is 0. The third kappa shape index (κ3) is 4.53. The summed E-state index contributed by atoms with van der Waals surface area (Å²) in [4.78, 5) is 51.5. The van der Waals surface area contributed by atoms with Crippen molar-refractivity contribution >= 4 is 23.3 Å². The summed E-state index contributed by atoms with van der Waals surface area (Å²) in [5.41, 5.74) is -1.71. The summed E-state index contributed by atoms with van der Waals surface area (Å²) in [6.45, 7) is 18.0. The number of allylic oxidation sites excluding steroid dienone is 2. The third-order valence-electron chi connectivity index (χ3n) is 11.6. The van der Waals surface area contributed by atoms with Crippen molar-refractivity contribution in [3.05, 3.63) is 12.2 Å². The average molecular weight is 529 g/mol. The van der Waals surface area contributed by atoms with Crippen molar-refractivity contribution in [1.29, 1.82) is 0 Å². The van der Waals surface area contributed by atoms with Gasteiger partial charge in [-0.05, 0) is 74.7 Å². The van der Waals surface area contributed by atoms with E-state index < -0.39 is 11.5 Å². The predicted octanol–water partition coefficient (Wildman–Crippen LogP) is 6.04. The lowest BCUT2D eigenvalue weighted by Crippen LogP contribution is -2.62. The molecule has 1 saturated heterocycles. The molecule has 0 bridgehead atoms. The van der Waals surface area contributed by atoms with Crippen molar-refractivity contribution in [2.45, 2.75) is 125 Å². The molecule has 0 N–H and O–H groups in total. The van der Waals surface area contributed by atoms with Gasteiger partial charge in [-0.2, -0.15) is 0 Å². The minimum atomic E-state index is -0.655.